The van der Waals surface area contributed by atoms with Crippen LogP contribution in [0.2, 0.25) is 0 Å². The van der Waals surface area contributed by atoms with Crippen LogP contribution in [0.5, 0.6) is 0 Å². The van der Waals surface area contributed by atoms with Crippen LogP contribution < -0.4 is 4.72 Å². The molecule has 1 N–H and O–H groups in total. The predicted molar refractivity (Wildman–Crippen MR) is 60.3 cm³/mol. The molecule has 86 valence electrons. The Morgan fingerprint density at radius 1 is 1.56 bits per heavy atom. The molecule has 0 aromatic carbocycles. The lowest BCUT2D eigenvalue weighted by Gasteiger charge is -2.02. The highest BCUT2D eigenvalue weighted by Crippen LogP contribution is 2.27. The van der Waals surface area contributed by atoms with Crippen LogP contribution in [0.15, 0.2) is 31.0 Å². The summed E-state index contributed by atoms with van der Waals surface area (Å²) in [4.78, 5) is 3.71. The van der Waals surface area contributed by atoms with Gasteiger partial charge < -0.3 is 4.52 Å². The number of hydrogen-bond acceptors (Lipinski definition) is 6. The second kappa shape index (κ2) is 4.62. The van der Waals surface area contributed by atoms with Crippen molar-refractivity contribution >= 4 is 37.3 Å². The van der Waals surface area contributed by atoms with Gasteiger partial charge in [0.15, 0.2) is 5.82 Å². The first kappa shape index (κ1) is 11.7. The highest BCUT2D eigenvalue weighted by molar-refractivity contribution is 9.10. The van der Waals surface area contributed by atoms with Gasteiger partial charge in [-0.3, -0.25) is 0 Å². The first-order valence-electron chi connectivity index (χ1n) is 4.07. The standard InChI is InChI=1S/C7H6BrN3O3S2/c8-5-1-2-15-7(5)16(12,13)10-3-6-9-4-14-11-6/h1-2,4,10H,3H2. The number of nitrogens with one attached hydrogen (secondary N) is 1. The van der Waals surface area contributed by atoms with Gasteiger partial charge in [0.2, 0.25) is 6.39 Å². The van der Waals surface area contributed by atoms with Crippen molar-refractivity contribution in [2.24, 2.45) is 0 Å². The maximum absolute atomic E-state index is 11.8. The third-order valence-electron chi connectivity index (χ3n) is 1.66. The first-order valence-corrected chi connectivity index (χ1v) is 7.23. The van der Waals surface area contributed by atoms with Crippen molar-refractivity contribution in [2.45, 2.75) is 10.8 Å². The second-order valence-corrected chi connectivity index (χ2v) is 6.46. The number of halogens is 1. The molecule has 0 radical (unpaired) electrons. The van der Waals surface area contributed by atoms with Crippen molar-refractivity contribution in [3.8, 4) is 0 Å². The van der Waals surface area contributed by atoms with Crippen LogP contribution in [0.1, 0.15) is 5.82 Å². The summed E-state index contributed by atoms with van der Waals surface area (Å²) in [6.45, 7) is 0.00315. The molecule has 6 nitrogen and oxygen atoms in total. The lowest BCUT2D eigenvalue weighted by Crippen LogP contribution is -2.23. The fourth-order valence-corrected chi connectivity index (χ4v) is 4.33. The molecule has 2 aromatic heterocycles. The van der Waals surface area contributed by atoms with Gasteiger partial charge in [-0.05, 0) is 27.4 Å². The molecule has 0 atom stereocenters. The SMILES string of the molecule is O=S(=O)(NCc1ncon1)c1sccc1Br. The molecule has 16 heavy (non-hydrogen) atoms. The maximum Gasteiger partial charge on any atom is 0.251 e. The zero-order chi connectivity index (χ0) is 11.6. The molecular weight excluding hydrogens is 318 g/mol. The zero-order valence-corrected chi connectivity index (χ0v) is 11.0. The Kier molecular flexibility index (Phi) is 3.38. The minimum Gasteiger partial charge on any atom is -0.343 e. The van der Waals surface area contributed by atoms with Gasteiger partial charge in [-0.25, -0.2) is 13.1 Å². The summed E-state index contributed by atoms with van der Waals surface area (Å²) in [5.41, 5.74) is 0. The topological polar surface area (TPSA) is 85.1 Å². The van der Waals surface area contributed by atoms with E-state index in [0.29, 0.717) is 4.47 Å². The third-order valence-corrected chi connectivity index (χ3v) is 5.73. The normalized spacial score (nSPS) is 11.8. The van der Waals surface area contributed by atoms with Crippen molar-refractivity contribution in [3.63, 3.8) is 0 Å². The Hall–Kier alpha value is -0.770. The van der Waals surface area contributed by atoms with Gasteiger partial charge in [0.05, 0.1) is 6.54 Å². The highest BCUT2D eigenvalue weighted by atomic mass is 79.9. The van der Waals surface area contributed by atoms with Crippen LogP contribution in [0.25, 0.3) is 0 Å². The Morgan fingerprint density at radius 2 is 2.38 bits per heavy atom. The summed E-state index contributed by atoms with van der Waals surface area (Å²) in [6.07, 6.45) is 1.14. The van der Waals surface area contributed by atoms with Crippen LogP contribution in [0.4, 0.5) is 0 Å². The van der Waals surface area contributed by atoms with Crippen molar-refractivity contribution in [1.82, 2.24) is 14.9 Å². The molecule has 0 unspecified atom stereocenters. The zero-order valence-electron chi connectivity index (χ0n) is 7.75. The van der Waals surface area contributed by atoms with Gasteiger partial charge in [0, 0.05) is 4.47 Å². The van der Waals surface area contributed by atoms with Gasteiger partial charge in [-0.15, -0.1) is 11.3 Å². The van der Waals surface area contributed by atoms with Crippen LogP contribution in [-0.2, 0) is 16.6 Å². The lowest BCUT2D eigenvalue weighted by atomic mass is 10.6. The number of rotatable bonds is 4. The van der Waals surface area contributed by atoms with E-state index in [0.717, 1.165) is 17.7 Å². The smallest absolute Gasteiger partial charge is 0.251 e. The van der Waals surface area contributed by atoms with Crippen molar-refractivity contribution in [3.05, 3.63) is 28.1 Å². The Labute approximate surface area is 104 Å². The van der Waals surface area contributed by atoms with Crippen molar-refractivity contribution in [1.29, 1.82) is 0 Å². The van der Waals surface area contributed by atoms with Crippen molar-refractivity contribution in [2.75, 3.05) is 0 Å². The lowest BCUT2D eigenvalue weighted by molar-refractivity contribution is 0.409. The summed E-state index contributed by atoms with van der Waals surface area (Å²) in [6, 6.07) is 1.67. The second-order valence-electron chi connectivity index (χ2n) is 2.73. The van der Waals surface area contributed by atoms with Gasteiger partial charge in [-0.2, -0.15) is 4.98 Å². The molecule has 0 fully saturated rings. The Morgan fingerprint density at radius 3 is 2.94 bits per heavy atom. The third kappa shape index (κ3) is 2.48. The molecular formula is C7H6BrN3O3S2. The minimum atomic E-state index is -3.52. The average molecular weight is 324 g/mol. The molecule has 0 amide bonds. The van der Waals surface area contributed by atoms with E-state index in [9.17, 15) is 8.42 Å². The fourth-order valence-electron chi connectivity index (χ4n) is 0.967. The number of sulfonamides is 1. The van der Waals surface area contributed by atoms with E-state index >= 15 is 0 Å². The van der Waals surface area contributed by atoms with Crippen LogP contribution in [0.3, 0.4) is 0 Å². The molecule has 0 aliphatic heterocycles. The fraction of sp³-hybridized carbons (Fsp3) is 0.143. The summed E-state index contributed by atoms with van der Waals surface area (Å²) >= 11 is 4.29. The van der Waals surface area contributed by atoms with E-state index in [1.165, 1.54) is 0 Å². The number of aromatic nitrogens is 2. The van der Waals surface area contributed by atoms with Crippen LogP contribution in [-0.4, -0.2) is 18.6 Å². The van der Waals surface area contributed by atoms with E-state index in [2.05, 4.69) is 35.3 Å². The maximum atomic E-state index is 11.8. The van der Waals surface area contributed by atoms with E-state index in [4.69, 9.17) is 0 Å². The summed E-state index contributed by atoms with van der Waals surface area (Å²) in [5, 5.41) is 5.19. The monoisotopic (exact) mass is 323 g/mol. The van der Waals surface area contributed by atoms with Crippen molar-refractivity contribution < 1.29 is 12.9 Å². The van der Waals surface area contributed by atoms with E-state index in [1.807, 2.05) is 0 Å². The molecule has 0 aliphatic rings. The average Bonchev–Trinajstić information content (AvgIpc) is 2.85. The molecule has 0 saturated heterocycles. The van der Waals surface area contributed by atoms with Crippen LogP contribution in [0, 0.1) is 0 Å². The van der Waals surface area contributed by atoms with Gasteiger partial charge in [-0.1, -0.05) is 5.16 Å². The molecule has 9 heteroatoms. The number of nitrogens with zero attached hydrogens (tertiary/aromatic N) is 2. The molecule has 0 saturated carbocycles. The number of thiophene rings is 1. The van der Waals surface area contributed by atoms with Gasteiger partial charge in [0.1, 0.15) is 4.21 Å². The van der Waals surface area contributed by atoms with Gasteiger partial charge >= 0.3 is 0 Å². The van der Waals surface area contributed by atoms with Crippen LogP contribution >= 0.6 is 27.3 Å². The summed E-state index contributed by atoms with van der Waals surface area (Å²) in [7, 11) is -3.52. The molecule has 2 heterocycles. The summed E-state index contributed by atoms with van der Waals surface area (Å²) in [5.74, 6) is 0.288. The first-order chi connectivity index (χ1) is 7.59. The molecule has 2 rings (SSSR count). The molecule has 0 bridgehead atoms. The van der Waals surface area contributed by atoms with Gasteiger partial charge in [0.25, 0.3) is 10.0 Å². The molecule has 0 spiro atoms. The molecule has 2 aromatic rings. The van der Waals surface area contributed by atoms with E-state index in [-0.39, 0.29) is 16.6 Å². The predicted octanol–water partition coefficient (Wildman–Crippen LogP) is 1.37. The van der Waals surface area contributed by atoms with E-state index < -0.39 is 10.0 Å². The largest absolute Gasteiger partial charge is 0.343 e. The highest BCUT2D eigenvalue weighted by Gasteiger charge is 2.19. The Balaban J connectivity index is 2.13. The Bertz CT molecular complexity index is 563. The van der Waals surface area contributed by atoms with E-state index in [1.54, 1.807) is 11.4 Å². The quantitative estimate of drug-likeness (QED) is 0.918. The summed E-state index contributed by atoms with van der Waals surface area (Å²) < 4.78 is 31.2. The number of hydrogen-bond donors (Lipinski definition) is 1. The molecule has 0 aliphatic carbocycles. The minimum absolute atomic E-state index is 0.00315.